The summed E-state index contributed by atoms with van der Waals surface area (Å²) in [7, 11) is 0. The predicted molar refractivity (Wildman–Crippen MR) is 52.9 cm³/mol. The highest BCUT2D eigenvalue weighted by atomic mass is 32.2. The number of hydrogen-bond donors (Lipinski definition) is 2. The summed E-state index contributed by atoms with van der Waals surface area (Å²) in [6, 6.07) is 0. The Kier molecular flexibility index (Phi) is 2.92. The number of aliphatic carboxylic acids is 1. The molecule has 0 spiro atoms. The fourth-order valence-electron chi connectivity index (χ4n) is 1.62. The lowest BCUT2D eigenvalue weighted by atomic mass is 9.72. The molecule has 0 aromatic heterocycles. The zero-order valence-electron chi connectivity index (χ0n) is 8.04. The topological polar surface area (TPSA) is 57.5 Å². The molecule has 1 saturated heterocycles. The van der Waals surface area contributed by atoms with E-state index < -0.39 is 11.6 Å². The molecule has 0 radical (unpaired) electrons. The van der Waals surface area contributed by atoms with Gasteiger partial charge in [0.2, 0.25) is 0 Å². The van der Waals surface area contributed by atoms with E-state index in [1.54, 1.807) is 11.8 Å². The Morgan fingerprint density at radius 3 is 2.62 bits per heavy atom. The normalized spacial score (nSPS) is 32.8. The van der Waals surface area contributed by atoms with Gasteiger partial charge in [0.1, 0.15) is 0 Å². The van der Waals surface area contributed by atoms with E-state index in [0.29, 0.717) is 6.42 Å². The van der Waals surface area contributed by atoms with Gasteiger partial charge in [-0.2, -0.15) is 11.8 Å². The second-order valence-corrected chi connectivity index (χ2v) is 5.39. The van der Waals surface area contributed by atoms with Crippen molar-refractivity contribution >= 4 is 17.7 Å². The quantitative estimate of drug-likeness (QED) is 0.713. The zero-order valence-corrected chi connectivity index (χ0v) is 8.86. The Hall–Kier alpha value is -0.220. The van der Waals surface area contributed by atoms with E-state index in [-0.39, 0.29) is 11.8 Å². The molecule has 1 rings (SSSR count). The Balaban J connectivity index is 2.77. The van der Waals surface area contributed by atoms with Crippen molar-refractivity contribution in [2.75, 3.05) is 11.5 Å². The van der Waals surface area contributed by atoms with Crippen molar-refractivity contribution in [3.8, 4) is 0 Å². The molecule has 0 amide bonds. The molecule has 0 aromatic rings. The summed E-state index contributed by atoms with van der Waals surface area (Å²) in [5.41, 5.74) is -1.32. The number of hydrogen-bond acceptors (Lipinski definition) is 3. The minimum atomic E-state index is -1.02. The highest BCUT2D eigenvalue weighted by Crippen LogP contribution is 2.43. The van der Waals surface area contributed by atoms with Crippen LogP contribution in [0.25, 0.3) is 0 Å². The second-order valence-electron chi connectivity index (χ2n) is 4.29. The van der Waals surface area contributed by atoms with E-state index in [9.17, 15) is 9.90 Å². The summed E-state index contributed by atoms with van der Waals surface area (Å²) in [5.74, 6) is 0.770. The minimum absolute atomic E-state index is 0.138. The Bertz CT molecular complexity index is 215. The third-order valence-electron chi connectivity index (χ3n) is 2.83. The van der Waals surface area contributed by atoms with E-state index in [4.69, 9.17) is 5.11 Å². The van der Waals surface area contributed by atoms with Gasteiger partial charge in [0.05, 0.1) is 12.0 Å². The third kappa shape index (κ3) is 2.17. The van der Waals surface area contributed by atoms with Crippen LogP contribution >= 0.6 is 11.8 Å². The molecule has 1 heterocycles. The van der Waals surface area contributed by atoms with Crippen LogP contribution in [0.2, 0.25) is 0 Å². The Morgan fingerprint density at radius 1 is 1.54 bits per heavy atom. The van der Waals surface area contributed by atoms with Gasteiger partial charge in [-0.15, -0.1) is 0 Å². The van der Waals surface area contributed by atoms with Gasteiger partial charge in [-0.25, -0.2) is 0 Å². The van der Waals surface area contributed by atoms with Crippen LogP contribution in [0.4, 0.5) is 0 Å². The first kappa shape index (κ1) is 10.9. The van der Waals surface area contributed by atoms with Gasteiger partial charge in [-0.05, 0) is 12.2 Å². The number of carboxylic acids is 1. The van der Waals surface area contributed by atoms with Gasteiger partial charge in [-0.1, -0.05) is 13.8 Å². The fraction of sp³-hybridized carbons (Fsp3) is 0.889. The van der Waals surface area contributed by atoms with Crippen molar-refractivity contribution in [1.82, 2.24) is 0 Å². The maximum atomic E-state index is 10.6. The molecular weight excluding hydrogens is 188 g/mol. The van der Waals surface area contributed by atoms with Gasteiger partial charge in [0, 0.05) is 11.2 Å². The van der Waals surface area contributed by atoms with Gasteiger partial charge in [0.25, 0.3) is 0 Å². The summed E-state index contributed by atoms with van der Waals surface area (Å²) in [6.07, 6.45) is 0.442. The SMILES string of the molecule is CC1(C)CSCCC1(O)CC(=O)O. The highest BCUT2D eigenvalue weighted by molar-refractivity contribution is 7.99. The van der Waals surface area contributed by atoms with Gasteiger partial charge in [0.15, 0.2) is 0 Å². The van der Waals surface area contributed by atoms with Crippen molar-refractivity contribution < 1.29 is 15.0 Å². The van der Waals surface area contributed by atoms with Crippen LogP contribution in [-0.2, 0) is 4.79 Å². The molecule has 0 bridgehead atoms. The first-order chi connectivity index (χ1) is 5.87. The fourth-order valence-corrected chi connectivity index (χ4v) is 3.02. The number of thioether (sulfide) groups is 1. The molecule has 1 aliphatic rings. The predicted octanol–water partition coefficient (Wildman–Crippen LogP) is 1.36. The van der Waals surface area contributed by atoms with Crippen molar-refractivity contribution in [3.05, 3.63) is 0 Å². The number of carbonyl (C=O) groups is 1. The Morgan fingerprint density at radius 2 is 2.15 bits per heavy atom. The minimum Gasteiger partial charge on any atom is -0.481 e. The number of aliphatic hydroxyl groups is 1. The van der Waals surface area contributed by atoms with Gasteiger partial charge >= 0.3 is 5.97 Å². The molecule has 2 N–H and O–H groups in total. The lowest BCUT2D eigenvalue weighted by molar-refractivity contribution is -0.149. The maximum Gasteiger partial charge on any atom is 0.306 e. The molecule has 1 fully saturated rings. The molecule has 1 unspecified atom stereocenters. The third-order valence-corrected chi connectivity index (χ3v) is 4.24. The lowest BCUT2D eigenvalue weighted by Crippen LogP contribution is -2.50. The summed E-state index contributed by atoms with van der Waals surface area (Å²) in [4.78, 5) is 10.6. The van der Waals surface area contributed by atoms with Crippen LogP contribution in [0.1, 0.15) is 26.7 Å². The average molecular weight is 204 g/mol. The van der Waals surface area contributed by atoms with Crippen LogP contribution in [0.5, 0.6) is 0 Å². The standard InChI is InChI=1S/C9H16O3S/c1-8(2)6-13-4-3-9(8,12)5-7(10)11/h12H,3-6H2,1-2H3,(H,10,11). The van der Waals surface area contributed by atoms with E-state index in [0.717, 1.165) is 11.5 Å². The molecule has 0 aliphatic carbocycles. The molecule has 76 valence electrons. The average Bonchev–Trinajstić information content (AvgIpc) is 1.94. The summed E-state index contributed by atoms with van der Waals surface area (Å²) >= 11 is 1.78. The van der Waals surface area contributed by atoms with Crippen molar-refractivity contribution in [2.24, 2.45) is 5.41 Å². The van der Waals surface area contributed by atoms with Crippen molar-refractivity contribution in [2.45, 2.75) is 32.3 Å². The van der Waals surface area contributed by atoms with Crippen LogP contribution in [0.15, 0.2) is 0 Å². The maximum absolute atomic E-state index is 10.6. The monoisotopic (exact) mass is 204 g/mol. The first-order valence-corrected chi connectivity index (χ1v) is 5.55. The van der Waals surface area contributed by atoms with Crippen LogP contribution < -0.4 is 0 Å². The number of carboxylic acid groups (broad SMARTS) is 1. The van der Waals surface area contributed by atoms with E-state index >= 15 is 0 Å². The van der Waals surface area contributed by atoms with Crippen LogP contribution in [0.3, 0.4) is 0 Å². The summed E-state index contributed by atoms with van der Waals surface area (Å²) in [6.45, 7) is 3.87. The molecular formula is C9H16O3S. The smallest absolute Gasteiger partial charge is 0.306 e. The van der Waals surface area contributed by atoms with Gasteiger partial charge < -0.3 is 10.2 Å². The molecule has 3 nitrogen and oxygen atoms in total. The molecule has 0 saturated carbocycles. The molecule has 1 atom stereocenters. The Labute approximate surface area is 82.5 Å². The zero-order chi connectivity index (χ0) is 10.1. The molecule has 13 heavy (non-hydrogen) atoms. The van der Waals surface area contributed by atoms with E-state index in [1.807, 2.05) is 13.8 Å². The van der Waals surface area contributed by atoms with Crippen molar-refractivity contribution in [1.29, 1.82) is 0 Å². The van der Waals surface area contributed by atoms with E-state index in [2.05, 4.69) is 0 Å². The molecule has 4 heteroatoms. The van der Waals surface area contributed by atoms with Crippen LogP contribution in [0, 0.1) is 5.41 Å². The second kappa shape index (κ2) is 3.50. The molecule has 1 aliphatic heterocycles. The number of rotatable bonds is 2. The first-order valence-electron chi connectivity index (χ1n) is 4.39. The van der Waals surface area contributed by atoms with E-state index in [1.165, 1.54) is 0 Å². The van der Waals surface area contributed by atoms with Crippen molar-refractivity contribution in [3.63, 3.8) is 0 Å². The largest absolute Gasteiger partial charge is 0.481 e. The summed E-state index contributed by atoms with van der Waals surface area (Å²) in [5, 5.41) is 18.9. The van der Waals surface area contributed by atoms with Gasteiger partial charge in [-0.3, -0.25) is 4.79 Å². The lowest BCUT2D eigenvalue weighted by Gasteiger charge is -2.45. The summed E-state index contributed by atoms with van der Waals surface area (Å²) < 4.78 is 0. The van der Waals surface area contributed by atoms with Crippen LogP contribution in [-0.4, -0.2) is 33.3 Å². The highest BCUT2D eigenvalue weighted by Gasteiger charge is 2.46. The molecule has 0 aromatic carbocycles.